The highest BCUT2D eigenvalue weighted by Gasteiger charge is 2.65. The van der Waals surface area contributed by atoms with E-state index in [1.807, 2.05) is 0 Å². The number of aliphatic imine (C=N–C) groups is 1. The average Bonchev–Trinajstić information content (AvgIpc) is 3.37. The fourth-order valence-corrected chi connectivity index (χ4v) is 9.31. The molecule has 0 aromatic carbocycles. The summed E-state index contributed by atoms with van der Waals surface area (Å²) in [4.78, 5) is 4.57. The Hall–Kier alpha value is -0.650. The van der Waals surface area contributed by atoms with Gasteiger partial charge < -0.3 is 20.6 Å². The van der Waals surface area contributed by atoms with Gasteiger partial charge in [0.2, 0.25) is 0 Å². The minimum absolute atomic E-state index is 0.0934. The maximum Gasteiger partial charge on any atom is 0.0964 e. The van der Waals surface area contributed by atoms with E-state index < -0.39 is 0 Å². The first kappa shape index (κ1) is 22.2. The lowest BCUT2D eigenvalue weighted by molar-refractivity contribution is -0.207. The average molecular weight is 433 g/mol. The second kappa shape index (κ2) is 7.99. The van der Waals surface area contributed by atoms with Crippen molar-refractivity contribution >= 4 is 5.84 Å². The van der Waals surface area contributed by atoms with Crippen LogP contribution in [0.2, 0.25) is 0 Å². The van der Waals surface area contributed by atoms with E-state index in [9.17, 15) is 15.3 Å². The summed E-state index contributed by atoms with van der Waals surface area (Å²) in [5, 5.41) is 36.7. The topological polar surface area (TPSA) is 85.1 Å². The Morgan fingerprint density at radius 2 is 1.87 bits per heavy atom. The Labute approximate surface area is 188 Å². The zero-order valence-electron chi connectivity index (χ0n) is 19.8. The predicted octanol–water partition coefficient (Wildman–Crippen LogP) is 3.37. The van der Waals surface area contributed by atoms with E-state index in [1.54, 1.807) is 0 Å². The molecule has 1 aliphatic heterocycles. The smallest absolute Gasteiger partial charge is 0.0964 e. The molecule has 4 N–H and O–H groups in total. The van der Waals surface area contributed by atoms with Crippen molar-refractivity contribution in [3.8, 4) is 0 Å². The van der Waals surface area contributed by atoms with Crippen LogP contribution in [0.4, 0.5) is 0 Å². The van der Waals surface area contributed by atoms with E-state index in [2.05, 4.69) is 31.1 Å². The summed E-state index contributed by atoms with van der Waals surface area (Å²) in [6.45, 7) is 9.02. The zero-order valence-corrected chi connectivity index (χ0v) is 19.8. The van der Waals surface area contributed by atoms with Crippen molar-refractivity contribution in [2.45, 2.75) is 96.9 Å². The number of rotatable bonds is 4. The summed E-state index contributed by atoms with van der Waals surface area (Å²) in [7, 11) is 0. The lowest BCUT2D eigenvalue weighted by atomic mass is 9.43. The van der Waals surface area contributed by atoms with Crippen LogP contribution in [0.25, 0.3) is 0 Å². The van der Waals surface area contributed by atoms with Gasteiger partial charge in [0.15, 0.2) is 0 Å². The van der Waals surface area contributed by atoms with Crippen molar-refractivity contribution in [3.63, 3.8) is 0 Å². The highest BCUT2D eigenvalue weighted by Crippen LogP contribution is 2.68. The monoisotopic (exact) mass is 432 g/mol. The minimum atomic E-state index is -0.287. The molecule has 4 fully saturated rings. The van der Waals surface area contributed by atoms with Gasteiger partial charge in [-0.15, -0.1) is 0 Å². The summed E-state index contributed by atoms with van der Waals surface area (Å²) >= 11 is 0. The summed E-state index contributed by atoms with van der Waals surface area (Å²) in [6.07, 6.45) is 8.09. The van der Waals surface area contributed by atoms with Gasteiger partial charge in [0.05, 0.1) is 30.7 Å². The molecule has 4 aliphatic carbocycles. The molecule has 0 bridgehead atoms. The Balaban J connectivity index is 1.37. The third-order valence-corrected chi connectivity index (χ3v) is 11.1. The molecule has 5 rings (SSSR count). The Bertz CT molecular complexity index is 713. The lowest BCUT2D eigenvalue weighted by Crippen LogP contribution is -2.62. The van der Waals surface area contributed by atoms with Crippen molar-refractivity contribution in [1.82, 2.24) is 5.32 Å². The van der Waals surface area contributed by atoms with Crippen LogP contribution in [0.1, 0.15) is 78.6 Å². The molecule has 0 saturated heterocycles. The van der Waals surface area contributed by atoms with Gasteiger partial charge >= 0.3 is 0 Å². The van der Waals surface area contributed by atoms with E-state index in [4.69, 9.17) is 0 Å². The Morgan fingerprint density at radius 3 is 2.61 bits per heavy atom. The summed E-state index contributed by atoms with van der Waals surface area (Å²) in [5.41, 5.74) is 0.0608. The van der Waals surface area contributed by atoms with Crippen molar-refractivity contribution < 1.29 is 15.3 Å². The SMILES string of the molecule is C[C@H](CCC1=NCCN1)[C@H]1CC[C@H]2[C@@H]3[C@H](O)C[C@@H]4C[C@H](O)CC[C@]4(C)[C@H]3C[C@H](O)[C@]12C. The van der Waals surface area contributed by atoms with Crippen LogP contribution in [0.3, 0.4) is 0 Å². The molecule has 1 heterocycles. The maximum absolute atomic E-state index is 11.7. The van der Waals surface area contributed by atoms with E-state index in [0.717, 1.165) is 70.3 Å². The molecule has 0 unspecified atom stereocenters. The fraction of sp³-hybridized carbons (Fsp3) is 0.962. The molecule has 5 heteroatoms. The number of nitrogens with zero attached hydrogens (tertiary/aromatic N) is 1. The molecule has 0 radical (unpaired) electrons. The van der Waals surface area contributed by atoms with Crippen LogP contribution in [-0.4, -0.2) is 52.6 Å². The largest absolute Gasteiger partial charge is 0.393 e. The second-order valence-corrected chi connectivity index (χ2v) is 12.3. The van der Waals surface area contributed by atoms with Gasteiger partial charge in [-0.2, -0.15) is 0 Å². The molecule has 0 aromatic rings. The molecule has 11 atom stereocenters. The van der Waals surface area contributed by atoms with Gasteiger partial charge in [0.25, 0.3) is 0 Å². The van der Waals surface area contributed by atoms with Crippen molar-refractivity contribution in [1.29, 1.82) is 0 Å². The molecular weight excluding hydrogens is 388 g/mol. The number of hydrogen-bond donors (Lipinski definition) is 4. The Kier molecular flexibility index (Phi) is 5.71. The van der Waals surface area contributed by atoms with Gasteiger partial charge in [-0.05, 0) is 97.7 Å². The number of fused-ring (bicyclic) bond motifs is 5. The quantitative estimate of drug-likeness (QED) is 0.549. The first-order valence-corrected chi connectivity index (χ1v) is 13.1. The normalized spacial score (nSPS) is 52.5. The van der Waals surface area contributed by atoms with Gasteiger partial charge in [-0.1, -0.05) is 20.8 Å². The molecular formula is C26H44N2O3. The van der Waals surface area contributed by atoms with Crippen LogP contribution in [0.5, 0.6) is 0 Å². The number of hydrogen-bond acceptors (Lipinski definition) is 5. The third kappa shape index (κ3) is 3.40. The Morgan fingerprint density at radius 1 is 1.06 bits per heavy atom. The molecule has 0 spiro atoms. The van der Waals surface area contributed by atoms with Crippen molar-refractivity contribution in [2.24, 2.45) is 51.3 Å². The zero-order chi connectivity index (χ0) is 22.0. The van der Waals surface area contributed by atoms with Crippen LogP contribution < -0.4 is 5.32 Å². The fourth-order valence-electron chi connectivity index (χ4n) is 9.31. The number of nitrogens with one attached hydrogen (secondary N) is 1. The first-order valence-electron chi connectivity index (χ1n) is 13.1. The number of aliphatic hydroxyl groups excluding tert-OH is 3. The summed E-state index contributed by atoms with van der Waals surface area (Å²) in [5.74, 6) is 3.73. The van der Waals surface area contributed by atoms with E-state index in [-0.39, 0.29) is 29.1 Å². The van der Waals surface area contributed by atoms with Crippen LogP contribution >= 0.6 is 0 Å². The number of aliphatic hydroxyl groups is 3. The van der Waals surface area contributed by atoms with Gasteiger partial charge in [0, 0.05) is 13.0 Å². The van der Waals surface area contributed by atoms with Gasteiger partial charge in [-0.3, -0.25) is 4.99 Å². The molecule has 4 saturated carbocycles. The molecule has 5 aliphatic rings. The van der Waals surface area contributed by atoms with E-state index in [1.165, 1.54) is 6.42 Å². The van der Waals surface area contributed by atoms with E-state index in [0.29, 0.717) is 35.5 Å². The first-order chi connectivity index (χ1) is 14.7. The predicted molar refractivity (Wildman–Crippen MR) is 123 cm³/mol. The van der Waals surface area contributed by atoms with E-state index >= 15 is 0 Å². The van der Waals surface area contributed by atoms with Crippen LogP contribution in [-0.2, 0) is 0 Å². The molecule has 31 heavy (non-hydrogen) atoms. The van der Waals surface area contributed by atoms with Crippen LogP contribution in [0.15, 0.2) is 4.99 Å². The summed E-state index contributed by atoms with van der Waals surface area (Å²) < 4.78 is 0. The number of amidine groups is 1. The minimum Gasteiger partial charge on any atom is -0.393 e. The lowest BCUT2D eigenvalue weighted by Gasteiger charge is -2.63. The van der Waals surface area contributed by atoms with Gasteiger partial charge in [-0.25, -0.2) is 0 Å². The van der Waals surface area contributed by atoms with Gasteiger partial charge in [0.1, 0.15) is 0 Å². The third-order valence-electron chi connectivity index (χ3n) is 11.1. The second-order valence-electron chi connectivity index (χ2n) is 12.3. The van der Waals surface area contributed by atoms with Crippen molar-refractivity contribution in [3.05, 3.63) is 0 Å². The van der Waals surface area contributed by atoms with Crippen LogP contribution in [0, 0.1) is 46.3 Å². The summed E-state index contributed by atoms with van der Waals surface area (Å²) in [6, 6.07) is 0. The van der Waals surface area contributed by atoms with Crippen molar-refractivity contribution in [2.75, 3.05) is 13.1 Å². The standard InChI is InChI=1S/C26H44N2O3/c1-15(4-7-23-27-10-11-28-23)18-5-6-19-24-20(14-22(31)26(18,19)3)25(2)9-8-17(29)12-16(25)13-21(24)30/h15-22,24,29-31H,4-14H2,1-3H3,(H,27,28)/t15-,16+,17-,18-,19+,20+,21-,22+,24+,25+,26-/m1/s1. The molecule has 0 amide bonds. The highest BCUT2D eigenvalue weighted by molar-refractivity contribution is 5.83. The maximum atomic E-state index is 11.7. The molecule has 0 aromatic heterocycles. The molecule has 5 nitrogen and oxygen atoms in total. The highest BCUT2D eigenvalue weighted by atomic mass is 16.3. The molecule has 176 valence electrons.